The molecule has 4 heteroatoms. The third kappa shape index (κ3) is 3.74. The summed E-state index contributed by atoms with van der Waals surface area (Å²) in [5.74, 6) is -0.229. The Morgan fingerprint density at radius 3 is 2.68 bits per heavy atom. The summed E-state index contributed by atoms with van der Waals surface area (Å²) < 4.78 is 13.9. The molecule has 0 heterocycles. The van der Waals surface area contributed by atoms with Crippen molar-refractivity contribution in [2.24, 2.45) is 0 Å². The van der Waals surface area contributed by atoms with Crippen molar-refractivity contribution in [3.05, 3.63) is 58.3 Å². The Bertz CT molecular complexity index is 574. The van der Waals surface area contributed by atoms with Gasteiger partial charge in [-0.1, -0.05) is 28.1 Å². The van der Waals surface area contributed by atoms with Crippen LogP contribution in [-0.4, -0.2) is 6.26 Å². The van der Waals surface area contributed by atoms with E-state index in [-0.39, 0.29) is 11.9 Å². The number of halogens is 2. The van der Waals surface area contributed by atoms with Crippen molar-refractivity contribution in [2.75, 3.05) is 11.6 Å². The van der Waals surface area contributed by atoms with Gasteiger partial charge >= 0.3 is 0 Å². The van der Waals surface area contributed by atoms with Gasteiger partial charge in [0.25, 0.3) is 0 Å². The lowest BCUT2D eigenvalue weighted by atomic mass is 10.1. The molecule has 2 rings (SSSR count). The van der Waals surface area contributed by atoms with Crippen LogP contribution in [0.5, 0.6) is 0 Å². The summed E-state index contributed by atoms with van der Waals surface area (Å²) in [6, 6.07) is 13.1. The molecule has 0 aliphatic heterocycles. The van der Waals surface area contributed by atoms with Crippen LogP contribution < -0.4 is 5.32 Å². The van der Waals surface area contributed by atoms with Crippen LogP contribution in [0.15, 0.2) is 51.8 Å². The van der Waals surface area contributed by atoms with Gasteiger partial charge in [-0.3, -0.25) is 0 Å². The van der Waals surface area contributed by atoms with E-state index < -0.39 is 0 Å². The Kier molecular flexibility index (Phi) is 4.88. The van der Waals surface area contributed by atoms with Gasteiger partial charge in [-0.25, -0.2) is 4.39 Å². The highest BCUT2D eigenvalue weighted by molar-refractivity contribution is 9.10. The van der Waals surface area contributed by atoms with E-state index >= 15 is 0 Å². The number of anilines is 1. The van der Waals surface area contributed by atoms with Gasteiger partial charge in [-0.2, -0.15) is 0 Å². The molecule has 0 fully saturated rings. The number of hydrogen-bond donors (Lipinski definition) is 1. The first-order valence-electron chi connectivity index (χ1n) is 5.95. The van der Waals surface area contributed by atoms with E-state index in [4.69, 9.17) is 0 Å². The Hall–Kier alpha value is -1.00. The minimum absolute atomic E-state index is 0.104. The summed E-state index contributed by atoms with van der Waals surface area (Å²) in [6.07, 6.45) is 2.05. The maximum atomic E-state index is 13.1. The average molecular weight is 340 g/mol. The second kappa shape index (κ2) is 6.44. The van der Waals surface area contributed by atoms with Crippen LogP contribution in [-0.2, 0) is 0 Å². The van der Waals surface area contributed by atoms with Crippen LogP contribution in [0.4, 0.5) is 10.1 Å². The molecule has 19 heavy (non-hydrogen) atoms. The molecule has 1 nitrogen and oxygen atoms in total. The van der Waals surface area contributed by atoms with E-state index in [0.29, 0.717) is 0 Å². The topological polar surface area (TPSA) is 12.0 Å². The zero-order valence-electron chi connectivity index (χ0n) is 10.8. The fourth-order valence-electron chi connectivity index (χ4n) is 1.89. The number of nitrogens with one attached hydrogen (secondary N) is 1. The molecule has 2 aromatic carbocycles. The van der Waals surface area contributed by atoms with Gasteiger partial charge < -0.3 is 5.32 Å². The summed E-state index contributed by atoms with van der Waals surface area (Å²) in [5, 5.41) is 3.43. The van der Waals surface area contributed by atoms with Crippen molar-refractivity contribution in [2.45, 2.75) is 17.9 Å². The smallest absolute Gasteiger partial charge is 0.124 e. The van der Waals surface area contributed by atoms with E-state index in [1.165, 1.54) is 17.0 Å². The van der Waals surface area contributed by atoms with Crippen LogP contribution in [0.1, 0.15) is 18.5 Å². The van der Waals surface area contributed by atoms with E-state index in [1.807, 2.05) is 12.1 Å². The molecule has 0 aliphatic rings. The first kappa shape index (κ1) is 14.4. The molecule has 0 spiro atoms. The number of benzene rings is 2. The van der Waals surface area contributed by atoms with Crippen molar-refractivity contribution in [1.29, 1.82) is 0 Å². The van der Waals surface area contributed by atoms with Gasteiger partial charge in [0.1, 0.15) is 5.82 Å². The molecular weight excluding hydrogens is 325 g/mol. The quantitative estimate of drug-likeness (QED) is 0.740. The SMILES string of the molecule is CSc1cccc(NC(C)c2ccc(F)cc2Br)c1. The van der Waals surface area contributed by atoms with E-state index in [9.17, 15) is 4.39 Å². The fraction of sp³-hybridized carbons (Fsp3) is 0.200. The molecule has 0 aliphatic carbocycles. The molecule has 1 unspecified atom stereocenters. The fourth-order valence-corrected chi connectivity index (χ4v) is 3.05. The Balaban J connectivity index is 2.17. The summed E-state index contributed by atoms with van der Waals surface area (Å²) in [4.78, 5) is 1.22. The van der Waals surface area contributed by atoms with Crippen LogP contribution in [0.25, 0.3) is 0 Å². The summed E-state index contributed by atoms with van der Waals surface area (Å²) in [7, 11) is 0. The zero-order valence-corrected chi connectivity index (χ0v) is 13.2. The average Bonchev–Trinajstić information content (AvgIpc) is 2.38. The van der Waals surface area contributed by atoms with Gasteiger partial charge in [-0.15, -0.1) is 11.8 Å². The first-order chi connectivity index (χ1) is 9.10. The Morgan fingerprint density at radius 2 is 2.00 bits per heavy atom. The predicted molar refractivity (Wildman–Crippen MR) is 84.4 cm³/mol. The first-order valence-corrected chi connectivity index (χ1v) is 7.97. The summed E-state index contributed by atoms with van der Waals surface area (Å²) in [6.45, 7) is 2.06. The molecular formula is C15H15BrFNS. The molecule has 2 aromatic rings. The molecule has 0 amide bonds. The van der Waals surface area contributed by atoms with Gasteiger partial charge in [0.2, 0.25) is 0 Å². The van der Waals surface area contributed by atoms with Crippen LogP contribution in [0, 0.1) is 5.82 Å². The highest BCUT2D eigenvalue weighted by atomic mass is 79.9. The lowest BCUT2D eigenvalue weighted by Gasteiger charge is -2.17. The van der Waals surface area contributed by atoms with E-state index in [2.05, 4.69) is 46.6 Å². The van der Waals surface area contributed by atoms with Crippen molar-refractivity contribution >= 4 is 33.4 Å². The van der Waals surface area contributed by atoms with E-state index in [1.54, 1.807) is 17.8 Å². The zero-order chi connectivity index (χ0) is 13.8. The lowest BCUT2D eigenvalue weighted by molar-refractivity contribution is 0.625. The van der Waals surface area contributed by atoms with Crippen LogP contribution in [0.3, 0.4) is 0 Å². The van der Waals surface area contributed by atoms with Crippen LogP contribution in [0.2, 0.25) is 0 Å². The second-order valence-corrected chi connectivity index (χ2v) is 6.00. The van der Waals surface area contributed by atoms with Crippen molar-refractivity contribution < 1.29 is 4.39 Å². The minimum atomic E-state index is -0.229. The normalized spacial score (nSPS) is 12.2. The second-order valence-electron chi connectivity index (χ2n) is 4.26. The largest absolute Gasteiger partial charge is 0.378 e. The molecule has 1 N–H and O–H groups in total. The molecule has 1 atom stereocenters. The number of hydrogen-bond acceptors (Lipinski definition) is 2. The molecule has 0 saturated carbocycles. The van der Waals surface area contributed by atoms with Crippen molar-refractivity contribution in [1.82, 2.24) is 0 Å². The van der Waals surface area contributed by atoms with Crippen molar-refractivity contribution in [3.8, 4) is 0 Å². The van der Waals surface area contributed by atoms with Gasteiger partial charge in [0, 0.05) is 21.1 Å². The highest BCUT2D eigenvalue weighted by Gasteiger charge is 2.10. The van der Waals surface area contributed by atoms with Gasteiger partial charge in [0.15, 0.2) is 0 Å². The number of rotatable bonds is 4. The predicted octanol–water partition coefficient (Wildman–Crippen LogP) is 5.48. The third-order valence-electron chi connectivity index (χ3n) is 2.88. The van der Waals surface area contributed by atoms with Crippen LogP contribution >= 0.6 is 27.7 Å². The molecule has 0 radical (unpaired) electrons. The van der Waals surface area contributed by atoms with Gasteiger partial charge in [0.05, 0.1) is 0 Å². The van der Waals surface area contributed by atoms with Gasteiger partial charge in [-0.05, 0) is 49.1 Å². The third-order valence-corrected chi connectivity index (χ3v) is 4.29. The summed E-state index contributed by atoms with van der Waals surface area (Å²) >= 11 is 5.12. The van der Waals surface area contributed by atoms with Crippen molar-refractivity contribution in [3.63, 3.8) is 0 Å². The standard InChI is InChI=1S/C15H15BrFNS/c1-10(14-7-6-11(17)8-15(14)16)18-12-4-3-5-13(9-12)19-2/h3-10,18H,1-2H3. The minimum Gasteiger partial charge on any atom is -0.378 e. The number of thioether (sulfide) groups is 1. The maximum Gasteiger partial charge on any atom is 0.124 e. The molecule has 0 aromatic heterocycles. The Labute approximate surface area is 125 Å². The lowest BCUT2D eigenvalue weighted by Crippen LogP contribution is -2.07. The maximum absolute atomic E-state index is 13.1. The molecule has 100 valence electrons. The Morgan fingerprint density at radius 1 is 1.21 bits per heavy atom. The summed E-state index contributed by atoms with van der Waals surface area (Å²) in [5.41, 5.74) is 2.10. The monoisotopic (exact) mass is 339 g/mol. The van der Waals surface area contributed by atoms with E-state index in [0.717, 1.165) is 15.7 Å². The molecule has 0 bridgehead atoms. The highest BCUT2D eigenvalue weighted by Crippen LogP contribution is 2.28. The molecule has 0 saturated heterocycles.